The minimum Gasteiger partial charge on any atom is -0.444 e. The van der Waals surface area contributed by atoms with Crippen molar-refractivity contribution in [2.45, 2.75) is 58.1 Å². The summed E-state index contributed by atoms with van der Waals surface area (Å²) in [5.74, 6) is -2.74. The quantitative estimate of drug-likeness (QED) is 0.378. The van der Waals surface area contributed by atoms with Gasteiger partial charge in [0.1, 0.15) is 5.60 Å². The van der Waals surface area contributed by atoms with E-state index in [1.54, 1.807) is 39.0 Å². The highest BCUT2D eigenvalue weighted by Gasteiger charge is 2.37. The van der Waals surface area contributed by atoms with Crippen molar-refractivity contribution < 1.29 is 18.3 Å². The first-order chi connectivity index (χ1) is 15.9. The second kappa shape index (κ2) is 9.27. The second-order valence-electron chi connectivity index (χ2n) is 9.52. The molecule has 2 aromatic carbocycles. The Morgan fingerprint density at radius 3 is 2.53 bits per heavy atom. The van der Waals surface area contributed by atoms with Crippen LogP contribution in [0.3, 0.4) is 0 Å². The summed E-state index contributed by atoms with van der Waals surface area (Å²) in [6.45, 7) is 6.17. The van der Waals surface area contributed by atoms with Crippen molar-refractivity contribution in [3.8, 4) is 0 Å². The number of aromatic nitrogens is 1. The highest BCUT2D eigenvalue weighted by atomic mass is 35.5. The standard InChI is InChI=1S/C25H27Cl2F2N3O2/c1-24(2,3)34-23(33)30-10-11-32-21-7-5-15(31-16-4-6-19(26)20(27)13-16)12-17(21)18-14-25(28,29)9-8-22(18)32/h4-7,12-13,31H,8-11,14H2,1-3H3,(H,30,33). The van der Waals surface area contributed by atoms with Crippen molar-refractivity contribution in [3.63, 3.8) is 0 Å². The van der Waals surface area contributed by atoms with Gasteiger partial charge in [-0.25, -0.2) is 13.6 Å². The van der Waals surface area contributed by atoms with E-state index in [0.717, 1.165) is 28.0 Å². The fourth-order valence-electron chi connectivity index (χ4n) is 4.27. The smallest absolute Gasteiger partial charge is 0.407 e. The van der Waals surface area contributed by atoms with E-state index in [2.05, 4.69) is 10.6 Å². The third-order valence-corrected chi connectivity index (χ3v) is 6.40. The lowest BCUT2D eigenvalue weighted by molar-refractivity contribution is -0.0125. The van der Waals surface area contributed by atoms with Gasteiger partial charge in [-0.15, -0.1) is 0 Å². The maximum absolute atomic E-state index is 14.3. The molecule has 0 aliphatic heterocycles. The van der Waals surface area contributed by atoms with E-state index in [9.17, 15) is 13.6 Å². The molecule has 0 bridgehead atoms. The largest absolute Gasteiger partial charge is 0.444 e. The third kappa shape index (κ3) is 5.58. The summed E-state index contributed by atoms with van der Waals surface area (Å²) in [5, 5.41) is 7.67. The predicted molar refractivity (Wildman–Crippen MR) is 133 cm³/mol. The number of halogens is 4. The number of alkyl carbamates (subject to hydrolysis) is 1. The number of fused-ring (bicyclic) bond motifs is 3. The van der Waals surface area contributed by atoms with Gasteiger partial charge in [0.2, 0.25) is 0 Å². The lowest BCUT2D eigenvalue weighted by Gasteiger charge is -2.24. The van der Waals surface area contributed by atoms with Crippen molar-refractivity contribution in [1.82, 2.24) is 9.88 Å². The fraction of sp³-hybridized carbons (Fsp3) is 0.400. The molecular weight excluding hydrogens is 483 g/mol. The van der Waals surface area contributed by atoms with Crippen molar-refractivity contribution in [1.29, 1.82) is 0 Å². The third-order valence-electron chi connectivity index (χ3n) is 5.66. The average molecular weight is 510 g/mol. The molecule has 0 atom stereocenters. The van der Waals surface area contributed by atoms with E-state index in [1.807, 2.05) is 22.8 Å². The molecule has 3 aromatic rings. The van der Waals surface area contributed by atoms with E-state index >= 15 is 0 Å². The molecule has 0 radical (unpaired) electrons. The molecule has 1 aliphatic carbocycles. The van der Waals surface area contributed by atoms with Crippen LogP contribution in [0.5, 0.6) is 0 Å². The summed E-state index contributed by atoms with van der Waals surface area (Å²) in [6, 6.07) is 10.9. The Kier molecular flexibility index (Phi) is 6.71. The molecular formula is C25H27Cl2F2N3O2. The van der Waals surface area contributed by atoms with E-state index in [4.69, 9.17) is 27.9 Å². The molecule has 1 heterocycles. The van der Waals surface area contributed by atoms with Gasteiger partial charge in [-0.2, -0.15) is 0 Å². The van der Waals surface area contributed by atoms with Crippen LogP contribution >= 0.6 is 23.2 Å². The zero-order chi connectivity index (χ0) is 24.7. The SMILES string of the molecule is CC(C)(C)OC(=O)NCCn1c2c(c3cc(Nc4ccc(Cl)c(Cl)c4)ccc31)CC(F)(F)CC2. The Labute approximate surface area is 207 Å². The Morgan fingerprint density at radius 1 is 1.12 bits per heavy atom. The lowest BCUT2D eigenvalue weighted by Crippen LogP contribution is -2.34. The van der Waals surface area contributed by atoms with E-state index in [-0.39, 0.29) is 19.3 Å². The maximum Gasteiger partial charge on any atom is 0.407 e. The number of alkyl halides is 2. The lowest BCUT2D eigenvalue weighted by atomic mass is 9.92. The van der Waals surface area contributed by atoms with Gasteiger partial charge in [-0.05, 0) is 69.2 Å². The normalized spacial score (nSPS) is 15.1. The van der Waals surface area contributed by atoms with Gasteiger partial charge in [-0.3, -0.25) is 0 Å². The van der Waals surface area contributed by atoms with Crippen LogP contribution in [-0.2, 0) is 24.1 Å². The zero-order valence-corrected chi connectivity index (χ0v) is 20.8. The number of benzene rings is 2. The van der Waals surface area contributed by atoms with Crippen LogP contribution in [0.2, 0.25) is 10.0 Å². The molecule has 1 aliphatic rings. The first-order valence-corrected chi connectivity index (χ1v) is 11.9. The maximum atomic E-state index is 14.3. The Morgan fingerprint density at radius 2 is 1.82 bits per heavy atom. The van der Waals surface area contributed by atoms with Gasteiger partial charge in [0.25, 0.3) is 5.92 Å². The number of rotatable bonds is 5. The second-order valence-corrected chi connectivity index (χ2v) is 10.3. The number of amides is 1. The van der Waals surface area contributed by atoms with Crippen LogP contribution in [0.1, 0.15) is 38.4 Å². The highest BCUT2D eigenvalue weighted by molar-refractivity contribution is 6.42. The number of ether oxygens (including phenoxy) is 1. The van der Waals surface area contributed by atoms with E-state index in [1.165, 1.54) is 0 Å². The number of anilines is 2. The Bertz CT molecular complexity index is 1240. The summed E-state index contributed by atoms with van der Waals surface area (Å²) < 4.78 is 36.0. The molecule has 5 nitrogen and oxygen atoms in total. The summed E-state index contributed by atoms with van der Waals surface area (Å²) in [6.07, 6.45) is -0.720. The Balaban J connectivity index is 1.62. The van der Waals surface area contributed by atoms with Crippen molar-refractivity contribution in [2.24, 2.45) is 0 Å². The molecule has 182 valence electrons. The molecule has 9 heteroatoms. The number of hydrogen-bond donors (Lipinski definition) is 2. The first-order valence-electron chi connectivity index (χ1n) is 11.1. The van der Waals surface area contributed by atoms with Gasteiger partial charge < -0.3 is 19.9 Å². The van der Waals surface area contributed by atoms with Gasteiger partial charge in [-0.1, -0.05) is 23.2 Å². The molecule has 2 N–H and O–H groups in total. The molecule has 0 unspecified atom stereocenters. The molecule has 0 saturated carbocycles. The minimum absolute atomic E-state index is 0.190. The van der Waals surface area contributed by atoms with Crippen molar-refractivity contribution >= 4 is 51.6 Å². The van der Waals surface area contributed by atoms with Crippen LogP contribution in [0.25, 0.3) is 10.9 Å². The molecule has 4 rings (SSSR count). The van der Waals surface area contributed by atoms with Crippen LogP contribution in [-0.4, -0.2) is 28.7 Å². The average Bonchev–Trinajstić information content (AvgIpc) is 3.01. The van der Waals surface area contributed by atoms with E-state index in [0.29, 0.717) is 28.7 Å². The zero-order valence-electron chi connectivity index (χ0n) is 19.3. The Hall–Kier alpha value is -2.51. The first kappa shape index (κ1) is 24.6. The van der Waals surface area contributed by atoms with Gasteiger partial charge in [0.15, 0.2) is 0 Å². The molecule has 0 fully saturated rings. The highest BCUT2D eigenvalue weighted by Crippen LogP contribution is 2.40. The molecule has 1 aromatic heterocycles. The predicted octanol–water partition coefficient (Wildman–Crippen LogP) is 7.34. The van der Waals surface area contributed by atoms with Gasteiger partial charge in [0.05, 0.1) is 10.0 Å². The number of hydrogen-bond acceptors (Lipinski definition) is 3. The van der Waals surface area contributed by atoms with Gasteiger partial charge in [0, 0.05) is 53.9 Å². The summed E-state index contributed by atoms with van der Waals surface area (Å²) in [4.78, 5) is 12.0. The van der Waals surface area contributed by atoms with Crippen LogP contribution in [0.4, 0.5) is 25.0 Å². The van der Waals surface area contributed by atoms with Crippen LogP contribution in [0, 0.1) is 0 Å². The molecule has 1 amide bonds. The van der Waals surface area contributed by atoms with Crippen LogP contribution < -0.4 is 10.6 Å². The molecule has 0 spiro atoms. The fourth-order valence-corrected chi connectivity index (χ4v) is 4.56. The summed E-state index contributed by atoms with van der Waals surface area (Å²) in [7, 11) is 0. The van der Waals surface area contributed by atoms with Crippen LogP contribution in [0.15, 0.2) is 36.4 Å². The number of carbonyl (C=O) groups is 1. The molecule has 0 saturated heterocycles. The minimum atomic E-state index is -2.74. The number of carbonyl (C=O) groups excluding carboxylic acids is 1. The van der Waals surface area contributed by atoms with Gasteiger partial charge >= 0.3 is 6.09 Å². The van der Waals surface area contributed by atoms with Crippen molar-refractivity contribution in [2.75, 3.05) is 11.9 Å². The monoisotopic (exact) mass is 509 g/mol. The summed E-state index contributed by atoms with van der Waals surface area (Å²) >= 11 is 12.1. The van der Waals surface area contributed by atoms with E-state index < -0.39 is 17.6 Å². The molecule has 34 heavy (non-hydrogen) atoms. The van der Waals surface area contributed by atoms with Crippen molar-refractivity contribution in [3.05, 3.63) is 57.7 Å². The topological polar surface area (TPSA) is 55.3 Å². The number of nitrogens with one attached hydrogen (secondary N) is 2. The summed E-state index contributed by atoms with van der Waals surface area (Å²) in [5.41, 5.74) is 3.31. The number of nitrogens with zero attached hydrogens (tertiary/aromatic N) is 1.